The van der Waals surface area contributed by atoms with Gasteiger partial charge in [0.05, 0.1) is 12.7 Å². The molecule has 3 aromatic rings. The van der Waals surface area contributed by atoms with Crippen LogP contribution in [0, 0.1) is 0 Å². The van der Waals surface area contributed by atoms with Crippen molar-refractivity contribution in [3.63, 3.8) is 0 Å². The maximum atomic E-state index is 12.2. The Hall–Kier alpha value is -2.44. The zero-order valence-electron chi connectivity index (χ0n) is 12.5. The molecule has 1 atom stereocenters. The summed E-state index contributed by atoms with van der Waals surface area (Å²) in [4.78, 5) is 16.1. The Bertz CT molecular complexity index is 763. The SMILES string of the molecule is CC(O)(CNC(=O)c1ccc(-c2cnco2)cc1)c1ccsc1. The molecule has 0 saturated heterocycles. The summed E-state index contributed by atoms with van der Waals surface area (Å²) >= 11 is 1.51. The third-order valence-electron chi connectivity index (χ3n) is 3.60. The Morgan fingerprint density at radius 3 is 2.74 bits per heavy atom. The predicted octanol–water partition coefficient (Wildman–Crippen LogP) is 3.04. The molecule has 0 bridgehead atoms. The van der Waals surface area contributed by atoms with E-state index in [1.807, 2.05) is 16.8 Å². The van der Waals surface area contributed by atoms with Gasteiger partial charge < -0.3 is 14.8 Å². The normalized spacial score (nSPS) is 13.5. The summed E-state index contributed by atoms with van der Waals surface area (Å²) in [6, 6.07) is 8.88. The van der Waals surface area contributed by atoms with E-state index in [-0.39, 0.29) is 12.5 Å². The first-order chi connectivity index (χ1) is 11.1. The summed E-state index contributed by atoms with van der Waals surface area (Å²) in [5.74, 6) is 0.418. The maximum absolute atomic E-state index is 12.2. The van der Waals surface area contributed by atoms with Crippen molar-refractivity contribution in [2.45, 2.75) is 12.5 Å². The van der Waals surface area contributed by atoms with Crippen LogP contribution in [0.25, 0.3) is 11.3 Å². The number of benzene rings is 1. The number of aliphatic hydroxyl groups is 1. The fraction of sp³-hybridized carbons (Fsp3) is 0.176. The average Bonchev–Trinajstić information content (AvgIpc) is 3.26. The molecule has 0 aliphatic heterocycles. The van der Waals surface area contributed by atoms with Gasteiger partial charge in [-0.05, 0) is 41.4 Å². The highest BCUT2D eigenvalue weighted by Gasteiger charge is 2.24. The highest BCUT2D eigenvalue weighted by Crippen LogP contribution is 2.22. The molecule has 0 fully saturated rings. The van der Waals surface area contributed by atoms with E-state index in [2.05, 4.69) is 10.3 Å². The number of carbonyl (C=O) groups is 1. The second-order valence-electron chi connectivity index (χ2n) is 5.41. The van der Waals surface area contributed by atoms with Crippen molar-refractivity contribution in [1.82, 2.24) is 10.3 Å². The maximum Gasteiger partial charge on any atom is 0.251 e. The topological polar surface area (TPSA) is 75.4 Å². The number of oxazole rings is 1. The van der Waals surface area contributed by atoms with E-state index >= 15 is 0 Å². The predicted molar refractivity (Wildman–Crippen MR) is 88.2 cm³/mol. The summed E-state index contributed by atoms with van der Waals surface area (Å²) < 4.78 is 5.21. The first kappa shape index (κ1) is 15.5. The van der Waals surface area contributed by atoms with Crippen molar-refractivity contribution in [2.75, 3.05) is 6.54 Å². The van der Waals surface area contributed by atoms with Crippen LogP contribution in [0.15, 0.2) is 58.1 Å². The molecule has 6 heteroatoms. The third kappa shape index (κ3) is 3.49. The number of amides is 1. The van der Waals surface area contributed by atoms with Crippen molar-refractivity contribution in [1.29, 1.82) is 0 Å². The average molecular weight is 328 g/mol. The molecule has 0 spiro atoms. The number of carbonyl (C=O) groups excluding carboxylic acids is 1. The van der Waals surface area contributed by atoms with Crippen molar-refractivity contribution in [2.24, 2.45) is 0 Å². The van der Waals surface area contributed by atoms with Crippen molar-refractivity contribution >= 4 is 17.2 Å². The number of hydrogen-bond donors (Lipinski definition) is 2. The van der Waals surface area contributed by atoms with Gasteiger partial charge in [0.25, 0.3) is 5.91 Å². The van der Waals surface area contributed by atoms with E-state index in [1.165, 1.54) is 17.7 Å². The second kappa shape index (κ2) is 6.36. The van der Waals surface area contributed by atoms with Crippen LogP contribution in [0.4, 0.5) is 0 Å². The lowest BCUT2D eigenvalue weighted by Gasteiger charge is -2.22. The van der Waals surface area contributed by atoms with E-state index < -0.39 is 5.60 Å². The van der Waals surface area contributed by atoms with Gasteiger partial charge in [-0.15, -0.1) is 0 Å². The van der Waals surface area contributed by atoms with Gasteiger partial charge in [-0.3, -0.25) is 4.79 Å². The molecular weight excluding hydrogens is 312 g/mol. The minimum absolute atomic E-state index is 0.145. The van der Waals surface area contributed by atoms with Crippen LogP contribution in [-0.4, -0.2) is 22.5 Å². The molecule has 2 aromatic heterocycles. The Balaban J connectivity index is 1.64. The van der Waals surface area contributed by atoms with Gasteiger partial charge in [-0.25, -0.2) is 4.98 Å². The quantitative estimate of drug-likeness (QED) is 0.755. The molecule has 0 radical (unpaired) electrons. The second-order valence-corrected chi connectivity index (χ2v) is 6.19. The molecule has 0 aliphatic rings. The Kier molecular flexibility index (Phi) is 4.27. The number of aromatic nitrogens is 1. The summed E-state index contributed by atoms with van der Waals surface area (Å²) in [6.45, 7) is 1.83. The lowest BCUT2D eigenvalue weighted by molar-refractivity contribution is 0.0530. The zero-order valence-corrected chi connectivity index (χ0v) is 13.3. The van der Waals surface area contributed by atoms with Gasteiger partial charge in [0.2, 0.25) is 0 Å². The Labute approximate surface area is 137 Å². The van der Waals surface area contributed by atoms with E-state index in [4.69, 9.17) is 4.42 Å². The van der Waals surface area contributed by atoms with Gasteiger partial charge in [0.15, 0.2) is 12.2 Å². The molecule has 118 valence electrons. The van der Waals surface area contributed by atoms with Crippen molar-refractivity contribution in [3.8, 4) is 11.3 Å². The van der Waals surface area contributed by atoms with Crippen molar-refractivity contribution < 1.29 is 14.3 Å². The molecular formula is C17H16N2O3S. The van der Waals surface area contributed by atoms with E-state index in [0.717, 1.165) is 11.1 Å². The molecule has 5 nitrogen and oxygen atoms in total. The highest BCUT2D eigenvalue weighted by molar-refractivity contribution is 7.08. The molecule has 3 rings (SSSR count). The summed E-state index contributed by atoms with van der Waals surface area (Å²) in [5.41, 5.74) is 1.08. The molecule has 1 amide bonds. The van der Waals surface area contributed by atoms with Gasteiger partial charge in [-0.2, -0.15) is 11.3 Å². The van der Waals surface area contributed by atoms with Gasteiger partial charge in [-0.1, -0.05) is 12.1 Å². The molecule has 1 aromatic carbocycles. The molecule has 2 heterocycles. The van der Waals surface area contributed by atoms with E-state index in [1.54, 1.807) is 37.4 Å². The molecule has 0 aliphatic carbocycles. The lowest BCUT2D eigenvalue weighted by atomic mass is 9.99. The Morgan fingerprint density at radius 2 is 2.13 bits per heavy atom. The number of thiophene rings is 1. The Morgan fingerprint density at radius 1 is 1.35 bits per heavy atom. The molecule has 23 heavy (non-hydrogen) atoms. The number of rotatable bonds is 5. The first-order valence-electron chi connectivity index (χ1n) is 7.08. The lowest BCUT2D eigenvalue weighted by Crippen LogP contribution is -2.38. The monoisotopic (exact) mass is 328 g/mol. The highest BCUT2D eigenvalue weighted by atomic mass is 32.1. The fourth-order valence-corrected chi connectivity index (χ4v) is 2.95. The standard InChI is InChI=1S/C17H16N2O3S/c1-17(21,14-6-7-23-9-14)10-19-16(20)13-4-2-12(3-5-13)15-8-18-11-22-15/h2-9,11,21H,10H2,1H3,(H,19,20). The molecule has 2 N–H and O–H groups in total. The van der Waals surface area contributed by atoms with Crippen LogP contribution in [0.3, 0.4) is 0 Å². The summed E-state index contributed by atoms with van der Waals surface area (Å²) in [7, 11) is 0. The van der Waals surface area contributed by atoms with Crippen molar-refractivity contribution in [3.05, 3.63) is 64.8 Å². The number of nitrogens with one attached hydrogen (secondary N) is 1. The van der Waals surface area contributed by atoms with Crippen LogP contribution < -0.4 is 5.32 Å². The fourth-order valence-electron chi connectivity index (χ4n) is 2.17. The van der Waals surface area contributed by atoms with Gasteiger partial charge >= 0.3 is 0 Å². The number of hydrogen-bond acceptors (Lipinski definition) is 5. The van der Waals surface area contributed by atoms with Crippen LogP contribution in [0.1, 0.15) is 22.8 Å². The minimum atomic E-state index is -1.09. The van der Waals surface area contributed by atoms with Crippen LogP contribution in [0.5, 0.6) is 0 Å². The smallest absolute Gasteiger partial charge is 0.251 e. The van der Waals surface area contributed by atoms with E-state index in [0.29, 0.717) is 11.3 Å². The summed E-state index contributed by atoms with van der Waals surface area (Å²) in [5, 5.41) is 16.9. The third-order valence-corrected chi connectivity index (χ3v) is 4.28. The van der Waals surface area contributed by atoms with Crippen LogP contribution in [0.2, 0.25) is 0 Å². The minimum Gasteiger partial charge on any atom is -0.444 e. The van der Waals surface area contributed by atoms with E-state index in [9.17, 15) is 9.90 Å². The van der Waals surface area contributed by atoms with Crippen LogP contribution in [-0.2, 0) is 5.60 Å². The zero-order chi connectivity index (χ0) is 16.3. The summed E-state index contributed by atoms with van der Waals surface area (Å²) in [6.07, 6.45) is 2.98. The largest absolute Gasteiger partial charge is 0.444 e. The molecule has 1 unspecified atom stereocenters. The van der Waals surface area contributed by atoms with Gasteiger partial charge in [0.1, 0.15) is 5.60 Å². The van der Waals surface area contributed by atoms with Gasteiger partial charge in [0, 0.05) is 11.1 Å². The molecule has 0 saturated carbocycles. The number of nitrogens with zero attached hydrogens (tertiary/aromatic N) is 1. The first-order valence-corrected chi connectivity index (χ1v) is 8.03. The van der Waals surface area contributed by atoms with Crippen LogP contribution >= 0.6 is 11.3 Å².